The monoisotopic (exact) mass is 474 g/mol. The second kappa shape index (κ2) is 9.75. The van der Waals surface area contributed by atoms with E-state index in [0.717, 1.165) is 4.68 Å². The molecule has 2 aromatic carbocycles. The predicted octanol–water partition coefficient (Wildman–Crippen LogP) is 2.21. The van der Waals surface area contributed by atoms with Crippen LogP contribution in [0.2, 0.25) is 0 Å². The second-order valence-electron chi connectivity index (χ2n) is 7.40. The van der Waals surface area contributed by atoms with Crippen molar-refractivity contribution in [3.8, 4) is 5.69 Å². The SMILES string of the molecule is C[C@H](N)C(=O)NCc1cccc(-n2nc(C(F)(F)F)cc2C(=O)Nc2cccc(C(N)=O)c2)c1. The highest BCUT2D eigenvalue weighted by Gasteiger charge is 2.36. The van der Waals surface area contributed by atoms with Crippen LogP contribution in [0.3, 0.4) is 0 Å². The highest BCUT2D eigenvalue weighted by molar-refractivity contribution is 6.04. The van der Waals surface area contributed by atoms with Crippen molar-refractivity contribution < 1.29 is 27.6 Å². The molecule has 0 saturated heterocycles. The van der Waals surface area contributed by atoms with Crippen LogP contribution in [-0.2, 0) is 17.5 Å². The maximum Gasteiger partial charge on any atom is 0.435 e. The lowest BCUT2D eigenvalue weighted by Gasteiger charge is -2.11. The fourth-order valence-electron chi connectivity index (χ4n) is 2.97. The highest BCUT2D eigenvalue weighted by atomic mass is 19.4. The van der Waals surface area contributed by atoms with Crippen LogP contribution in [0, 0.1) is 0 Å². The molecule has 3 amide bonds. The smallest absolute Gasteiger partial charge is 0.366 e. The Morgan fingerprint density at radius 1 is 1.09 bits per heavy atom. The quantitative estimate of drug-likeness (QED) is 0.415. The maximum absolute atomic E-state index is 13.4. The van der Waals surface area contributed by atoms with Gasteiger partial charge in [-0.05, 0) is 42.8 Å². The summed E-state index contributed by atoms with van der Waals surface area (Å²) in [6, 6.07) is 11.7. The van der Waals surface area contributed by atoms with Crippen molar-refractivity contribution in [1.29, 1.82) is 0 Å². The van der Waals surface area contributed by atoms with E-state index in [-0.39, 0.29) is 23.5 Å². The zero-order chi connectivity index (χ0) is 25.0. The Kier molecular flexibility index (Phi) is 7.01. The predicted molar refractivity (Wildman–Crippen MR) is 117 cm³/mol. The van der Waals surface area contributed by atoms with Crippen LogP contribution in [0.5, 0.6) is 0 Å². The van der Waals surface area contributed by atoms with Gasteiger partial charge in [-0.2, -0.15) is 18.3 Å². The van der Waals surface area contributed by atoms with E-state index in [1.165, 1.54) is 43.3 Å². The minimum atomic E-state index is -4.80. The van der Waals surface area contributed by atoms with Gasteiger partial charge < -0.3 is 22.1 Å². The lowest BCUT2D eigenvalue weighted by Crippen LogP contribution is -2.37. The van der Waals surface area contributed by atoms with E-state index in [2.05, 4.69) is 15.7 Å². The summed E-state index contributed by atoms with van der Waals surface area (Å²) in [5.74, 6) is -2.02. The van der Waals surface area contributed by atoms with Crippen molar-refractivity contribution in [3.63, 3.8) is 0 Å². The first-order valence-electron chi connectivity index (χ1n) is 9.97. The molecule has 178 valence electrons. The van der Waals surface area contributed by atoms with E-state index >= 15 is 0 Å². The summed E-state index contributed by atoms with van der Waals surface area (Å²) in [5.41, 5.74) is 10.1. The molecular formula is C22H21F3N6O3. The number of rotatable bonds is 7. The van der Waals surface area contributed by atoms with Gasteiger partial charge in [-0.1, -0.05) is 18.2 Å². The standard InChI is InChI=1S/C22H21F3N6O3/c1-12(26)20(33)28-11-13-4-2-7-16(8-13)31-17(10-18(30-31)22(23,24)25)21(34)29-15-6-3-5-14(9-15)19(27)32/h2-10,12H,11,26H2,1H3,(H2,27,32)(H,28,33)(H,29,34)/t12-/m0/s1. The zero-order valence-electron chi connectivity index (χ0n) is 17.9. The van der Waals surface area contributed by atoms with Crippen molar-refractivity contribution in [2.75, 3.05) is 5.32 Å². The van der Waals surface area contributed by atoms with Crippen LogP contribution in [0.15, 0.2) is 54.6 Å². The van der Waals surface area contributed by atoms with Gasteiger partial charge in [0.1, 0.15) is 5.69 Å². The first-order chi connectivity index (χ1) is 16.0. The third-order valence-electron chi connectivity index (χ3n) is 4.67. The Bertz CT molecular complexity index is 1240. The molecule has 1 aromatic heterocycles. The number of carbonyl (C=O) groups is 3. The number of halogens is 3. The molecule has 6 N–H and O–H groups in total. The van der Waals surface area contributed by atoms with Gasteiger partial charge in [-0.25, -0.2) is 4.68 Å². The van der Waals surface area contributed by atoms with Gasteiger partial charge in [0, 0.05) is 23.9 Å². The van der Waals surface area contributed by atoms with Crippen molar-refractivity contribution in [2.24, 2.45) is 11.5 Å². The fraction of sp³-hybridized carbons (Fsp3) is 0.182. The largest absolute Gasteiger partial charge is 0.435 e. The molecule has 0 fully saturated rings. The number of hydrogen-bond donors (Lipinski definition) is 4. The molecule has 0 bridgehead atoms. The third-order valence-corrected chi connectivity index (χ3v) is 4.67. The van der Waals surface area contributed by atoms with E-state index in [1.807, 2.05) is 0 Å². The molecule has 0 aliphatic rings. The normalized spacial score (nSPS) is 12.1. The number of nitrogens with zero attached hydrogens (tertiary/aromatic N) is 2. The molecule has 9 nitrogen and oxygen atoms in total. The zero-order valence-corrected chi connectivity index (χ0v) is 17.9. The summed E-state index contributed by atoms with van der Waals surface area (Å²) in [6.07, 6.45) is -4.80. The van der Waals surface area contributed by atoms with Crippen molar-refractivity contribution in [3.05, 3.63) is 77.1 Å². The van der Waals surface area contributed by atoms with Crippen LogP contribution in [0.25, 0.3) is 5.69 Å². The van der Waals surface area contributed by atoms with Gasteiger partial charge >= 0.3 is 6.18 Å². The lowest BCUT2D eigenvalue weighted by molar-refractivity contribution is -0.141. The Labute approximate surface area is 191 Å². The van der Waals surface area contributed by atoms with Crippen molar-refractivity contribution in [2.45, 2.75) is 25.7 Å². The molecular weight excluding hydrogens is 453 g/mol. The first-order valence-corrected chi connectivity index (χ1v) is 9.97. The van der Waals surface area contributed by atoms with Crippen LogP contribution in [0.4, 0.5) is 18.9 Å². The molecule has 0 aliphatic heterocycles. The summed E-state index contributed by atoms with van der Waals surface area (Å²) in [5, 5.41) is 8.62. The molecule has 34 heavy (non-hydrogen) atoms. The maximum atomic E-state index is 13.4. The lowest BCUT2D eigenvalue weighted by atomic mass is 10.2. The molecule has 1 atom stereocenters. The molecule has 0 aliphatic carbocycles. The molecule has 0 radical (unpaired) electrons. The number of nitrogens with one attached hydrogen (secondary N) is 2. The minimum absolute atomic E-state index is 0.0725. The molecule has 3 aromatic rings. The van der Waals surface area contributed by atoms with Gasteiger partial charge in [0.2, 0.25) is 11.8 Å². The summed E-state index contributed by atoms with van der Waals surface area (Å²) < 4.78 is 41.0. The van der Waals surface area contributed by atoms with Gasteiger partial charge in [0.15, 0.2) is 5.69 Å². The average Bonchev–Trinajstić information content (AvgIpc) is 3.24. The van der Waals surface area contributed by atoms with Gasteiger partial charge in [0.25, 0.3) is 5.91 Å². The number of primary amides is 1. The van der Waals surface area contributed by atoms with E-state index in [4.69, 9.17) is 11.5 Å². The molecule has 3 rings (SSSR count). The third kappa shape index (κ3) is 5.78. The Morgan fingerprint density at radius 3 is 2.44 bits per heavy atom. The van der Waals surface area contributed by atoms with Crippen LogP contribution >= 0.6 is 0 Å². The molecule has 1 heterocycles. The number of amides is 3. The number of alkyl halides is 3. The van der Waals surface area contributed by atoms with Crippen molar-refractivity contribution >= 4 is 23.4 Å². The average molecular weight is 474 g/mol. The number of benzene rings is 2. The fourth-order valence-corrected chi connectivity index (χ4v) is 2.97. The van der Waals surface area contributed by atoms with E-state index in [9.17, 15) is 27.6 Å². The Balaban J connectivity index is 1.95. The summed E-state index contributed by atoms with van der Waals surface area (Å²) in [7, 11) is 0. The number of carbonyl (C=O) groups excluding carboxylic acids is 3. The van der Waals surface area contributed by atoms with E-state index in [0.29, 0.717) is 11.6 Å². The Hall–Kier alpha value is -4.19. The van der Waals surface area contributed by atoms with E-state index < -0.39 is 41.3 Å². The second-order valence-corrected chi connectivity index (χ2v) is 7.40. The summed E-state index contributed by atoms with van der Waals surface area (Å²) in [4.78, 5) is 35.9. The number of nitrogens with two attached hydrogens (primary N) is 2. The van der Waals surface area contributed by atoms with Crippen molar-refractivity contribution in [1.82, 2.24) is 15.1 Å². The number of anilines is 1. The molecule has 0 saturated carbocycles. The van der Waals surface area contributed by atoms with E-state index in [1.54, 1.807) is 12.1 Å². The first kappa shape index (κ1) is 24.5. The Morgan fingerprint density at radius 2 is 1.79 bits per heavy atom. The number of aromatic nitrogens is 2. The highest BCUT2D eigenvalue weighted by Crippen LogP contribution is 2.30. The van der Waals surface area contributed by atoms with Crippen LogP contribution in [0.1, 0.15) is 39.0 Å². The molecule has 0 unspecified atom stereocenters. The molecule has 0 spiro atoms. The summed E-state index contributed by atoms with van der Waals surface area (Å²) >= 11 is 0. The van der Waals surface area contributed by atoms with Crippen LogP contribution < -0.4 is 22.1 Å². The topological polar surface area (TPSA) is 145 Å². The number of hydrogen-bond acceptors (Lipinski definition) is 5. The molecule has 12 heteroatoms. The van der Waals surface area contributed by atoms with Gasteiger partial charge in [0.05, 0.1) is 11.7 Å². The minimum Gasteiger partial charge on any atom is -0.366 e. The van der Waals surface area contributed by atoms with Crippen LogP contribution in [-0.4, -0.2) is 33.5 Å². The van der Waals surface area contributed by atoms with Gasteiger partial charge in [-0.3, -0.25) is 14.4 Å². The summed E-state index contributed by atoms with van der Waals surface area (Å²) in [6.45, 7) is 1.58. The van der Waals surface area contributed by atoms with Gasteiger partial charge in [-0.15, -0.1) is 0 Å².